The van der Waals surface area contributed by atoms with E-state index in [1.807, 2.05) is 18.2 Å². The molecule has 114 valence electrons. The van der Waals surface area contributed by atoms with Crippen LogP contribution in [0.1, 0.15) is 50.5 Å². The summed E-state index contributed by atoms with van der Waals surface area (Å²) in [6.45, 7) is 5.05. The molecule has 0 amide bonds. The lowest BCUT2D eigenvalue weighted by Crippen LogP contribution is -2.40. The van der Waals surface area contributed by atoms with Gasteiger partial charge in [-0.05, 0) is 31.7 Å². The molecule has 1 fully saturated rings. The standard InChI is InChI=1S/C18H24O3/c1-3-13-18(2,20)17(19)21-16-12-8-7-11-15(16)14-9-5-4-6-10-14/h3-6,9-10,15-16,20H,1,7-8,11-13H2,2H3. The highest BCUT2D eigenvalue weighted by Gasteiger charge is 2.36. The van der Waals surface area contributed by atoms with Gasteiger partial charge in [-0.1, -0.05) is 42.8 Å². The minimum Gasteiger partial charge on any atom is -0.460 e. The topological polar surface area (TPSA) is 46.5 Å². The Morgan fingerprint density at radius 2 is 2.05 bits per heavy atom. The van der Waals surface area contributed by atoms with E-state index in [-0.39, 0.29) is 18.4 Å². The van der Waals surface area contributed by atoms with Crippen LogP contribution in [0.15, 0.2) is 43.0 Å². The lowest BCUT2D eigenvalue weighted by atomic mass is 9.81. The van der Waals surface area contributed by atoms with E-state index in [2.05, 4.69) is 18.7 Å². The molecule has 1 aromatic rings. The number of carbonyl (C=O) groups excluding carboxylic acids is 1. The van der Waals surface area contributed by atoms with Crippen molar-refractivity contribution in [1.82, 2.24) is 0 Å². The SMILES string of the molecule is C=CCC(C)(O)C(=O)OC1CCCCC1c1ccccc1. The molecule has 3 atom stereocenters. The van der Waals surface area contributed by atoms with Crippen LogP contribution in [0, 0.1) is 0 Å². The van der Waals surface area contributed by atoms with Crippen LogP contribution in [0.5, 0.6) is 0 Å². The molecule has 1 aliphatic carbocycles. The lowest BCUT2D eigenvalue weighted by molar-refractivity contribution is -0.171. The van der Waals surface area contributed by atoms with Crippen LogP contribution in [-0.4, -0.2) is 22.8 Å². The van der Waals surface area contributed by atoms with Gasteiger partial charge in [0.2, 0.25) is 0 Å². The zero-order valence-electron chi connectivity index (χ0n) is 12.6. The summed E-state index contributed by atoms with van der Waals surface area (Å²) in [6, 6.07) is 10.2. The van der Waals surface area contributed by atoms with Crippen molar-refractivity contribution < 1.29 is 14.6 Å². The van der Waals surface area contributed by atoms with Crippen molar-refractivity contribution >= 4 is 5.97 Å². The molecule has 0 bridgehead atoms. The van der Waals surface area contributed by atoms with Crippen molar-refractivity contribution in [2.45, 2.75) is 56.7 Å². The number of benzene rings is 1. The maximum atomic E-state index is 12.2. The first-order chi connectivity index (χ1) is 10.0. The van der Waals surface area contributed by atoms with Crippen LogP contribution < -0.4 is 0 Å². The van der Waals surface area contributed by atoms with Crippen molar-refractivity contribution in [3.05, 3.63) is 48.6 Å². The zero-order chi connectivity index (χ0) is 15.3. The van der Waals surface area contributed by atoms with Gasteiger partial charge in [0.25, 0.3) is 0 Å². The molecule has 1 N–H and O–H groups in total. The van der Waals surface area contributed by atoms with Gasteiger partial charge in [-0.3, -0.25) is 0 Å². The number of ether oxygens (including phenoxy) is 1. The summed E-state index contributed by atoms with van der Waals surface area (Å²) in [5, 5.41) is 10.1. The first-order valence-electron chi connectivity index (χ1n) is 7.64. The summed E-state index contributed by atoms with van der Waals surface area (Å²) in [7, 11) is 0. The molecule has 2 rings (SSSR count). The van der Waals surface area contributed by atoms with Gasteiger partial charge in [0.15, 0.2) is 5.60 Å². The highest BCUT2D eigenvalue weighted by Crippen LogP contribution is 2.35. The average molecular weight is 288 g/mol. The number of carbonyl (C=O) groups is 1. The number of esters is 1. The second kappa shape index (κ2) is 6.90. The molecule has 1 aromatic carbocycles. The Morgan fingerprint density at radius 1 is 1.38 bits per heavy atom. The van der Waals surface area contributed by atoms with Crippen molar-refractivity contribution in [3.8, 4) is 0 Å². The highest BCUT2D eigenvalue weighted by molar-refractivity contribution is 5.79. The van der Waals surface area contributed by atoms with Gasteiger partial charge >= 0.3 is 5.97 Å². The van der Waals surface area contributed by atoms with Crippen molar-refractivity contribution in [1.29, 1.82) is 0 Å². The van der Waals surface area contributed by atoms with E-state index < -0.39 is 11.6 Å². The van der Waals surface area contributed by atoms with E-state index in [0.717, 1.165) is 25.7 Å². The second-order valence-electron chi connectivity index (χ2n) is 6.01. The Hall–Kier alpha value is -1.61. The van der Waals surface area contributed by atoms with E-state index in [0.29, 0.717) is 0 Å². The molecular formula is C18H24O3. The molecule has 3 nitrogen and oxygen atoms in total. The maximum Gasteiger partial charge on any atom is 0.338 e. The zero-order valence-corrected chi connectivity index (χ0v) is 12.6. The van der Waals surface area contributed by atoms with Crippen LogP contribution >= 0.6 is 0 Å². The normalized spacial score (nSPS) is 24.9. The number of hydrogen-bond acceptors (Lipinski definition) is 3. The third-order valence-corrected chi connectivity index (χ3v) is 4.17. The molecule has 0 saturated heterocycles. The highest BCUT2D eigenvalue weighted by atomic mass is 16.6. The molecule has 1 aliphatic rings. The summed E-state index contributed by atoms with van der Waals surface area (Å²) in [5.74, 6) is -0.321. The van der Waals surface area contributed by atoms with Crippen LogP contribution in [-0.2, 0) is 9.53 Å². The fraction of sp³-hybridized carbons (Fsp3) is 0.500. The lowest BCUT2D eigenvalue weighted by Gasteiger charge is -2.33. The van der Waals surface area contributed by atoms with Gasteiger partial charge < -0.3 is 9.84 Å². The van der Waals surface area contributed by atoms with Crippen LogP contribution in [0.4, 0.5) is 0 Å². The number of aliphatic hydroxyl groups is 1. The Labute approximate surface area is 126 Å². The quantitative estimate of drug-likeness (QED) is 0.665. The molecule has 3 heteroatoms. The predicted octanol–water partition coefficient (Wildman–Crippen LogP) is 3.58. The Bertz CT molecular complexity index is 478. The molecule has 0 aromatic heterocycles. The molecule has 21 heavy (non-hydrogen) atoms. The molecular weight excluding hydrogens is 264 g/mol. The summed E-state index contributed by atoms with van der Waals surface area (Å²) < 4.78 is 5.64. The van der Waals surface area contributed by atoms with Crippen molar-refractivity contribution in [2.24, 2.45) is 0 Å². The van der Waals surface area contributed by atoms with Gasteiger partial charge in [-0.2, -0.15) is 0 Å². The smallest absolute Gasteiger partial charge is 0.338 e. The van der Waals surface area contributed by atoms with Crippen LogP contribution in [0.2, 0.25) is 0 Å². The van der Waals surface area contributed by atoms with E-state index in [9.17, 15) is 9.90 Å². The van der Waals surface area contributed by atoms with Crippen LogP contribution in [0.25, 0.3) is 0 Å². The summed E-state index contributed by atoms with van der Waals surface area (Å²) in [5.41, 5.74) is -0.279. The first kappa shape index (κ1) is 15.8. The Morgan fingerprint density at radius 3 is 2.71 bits per heavy atom. The minimum absolute atomic E-state index is 0.148. The summed E-state index contributed by atoms with van der Waals surface area (Å²) in [6.07, 6.45) is 5.68. The fourth-order valence-electron chi connectivity index (χ4n) is 2.95. The third-order valence-electron chi connectivity index (χ3n) is 4.17. The maximum absolute atomic E-state index is 12.2. The van der Waals surface area contributed by atoms with E-state index in [1.54, 1.807) is 0 Å². The van der Waals surface area contributed by atoms with Gasteiger partial charge in [0.1, 0.15) is 6.10 Å². The van der Waals surface area contributed by atoms with E-state index in [4.69, 9.17) is 4.74 Å². The molecule has 0 aliphatic heterocycles. The number of hydrogen-bond donors (Lipinski definition) is 1. The second-order valence-corrected chi connectivity index (χ2v) is 6.01. The van der Waals surface area contributed by atoms with Gasteiger partial charge in [0, 0.05) is 12.3 Å². The first-order valence-corrected chi connectivity index (χ1v) is 7.64. The van der Waals surface area contributed by atoms with Gasteiger partial charge in [0.05, 0.1) is 0 Å². The predicted molar refractivity (Wildman–Crippen MR) is 83.0 cm³/mol. The van der Waals surface area contributed by atoms with Crippen molar-refractivity contribution in [3.63, 3.8) is 0 Å². The molecule has 0 spiro atoms. The summed E-state index contributed by atoms with van der Waals surface area (Å²) >= 11 is 0. The molecule has 1 saturated carbocycles. The number of rotatable bonds is 5. The molecule has 3 unspecified atom stereocenters. The van der Waals surface area contributed by atoms with E-state index in [1.165, 1.54) is 18.6 Å². The third kappa shape index (κ3) is 3.94. The largest absolute Gasteiger partial charge is 0.460 e. The molecule has 0 heterocycles. The van der Waals surface area contributed by atoms with Gasteiger partial charge in [-0.25, -0.2) is 4.79 Å². The van der Waals surface area contributed by atoms with Crippen LogP contribution in [0.3, 0.4) is 0 Å². The van der Waals surface area contributed by atoms with Gasteiger partial charge in [-0.15, -0.1) is 6.58 Å². The summed E-state index contributed by atoms with van der Waals surface area (Å²) in [4.78, 5) is 12.2. The Balaban J connectivity index is 2.09. The molecule has 0 radical (unpaired) electrons. The van der Waals surface area contributed by atoms with E-state index >= 15 is 0 Å². The average Bonchev–Trinajstić information content (AvgIpc) is 2.48. The Kier molecular flexibility index (Phi) is 5.18. The monoisotopic (exact) mass is 288 g/mol. The minimum atomic E-state index is -1.49. The fourth-order valence-corrected chi connectivity index (χ4v) is 2.95. The van der Waals surface area contributed by atoms with Crippen molar-refractivity contribution in [2.75, 3.05) is 0 Å².